The number of carboxylic acids is 2. The molecule has 1 aromatic carbocycles. The molecule has 0 aliphatic heterocycles. The van der Waals surface area contributed by atoms with Gasteiger partial charge in [0.1, 0.15) is 0 Å². The Bertz CT molecular complexity index is 419. The van der Waals surface area contributed by atoms with Crippen LogP contribution in [0.4, 0.5) is 5.69 Å². The summed E-state index contributed by atoms with van der Waals surface area (Å²) in [6.07, 6.45) is -0.0367. The van der Waals surface area contributed by atoms with E-state index in [0.717, 1.165) is 0 Å². The van der Waals surface area contributed by atoms with Crippen LogP contribution in [0.5, 0.6) is 0 Å². The molecule has 1 aromatic rings. The zero-order chi connectivity index (χ0) is 12.1. The summed E-state index contributed by atoms with van der Waals surface area (Å²) in [5.41, 5.74) is 0.519. The molecule has 6 heteroatoms. The van der Waals surface area contributed by atoms with Gasteiger partial charge in [0, 0.05) is 12.2 Å². The van der Waals surface area contributed by atoms with Gasteiger partial charge in [0.15, 0.2) is 0 Å². The molecular weight excluding hydrogens is 234 g/mol. The molecule has 0 radical (unpaired) electrons. The van der Waals surface area contributed by atoms with Gasteiger partial charge in [-0.2, -0.15) is 0 Å². The molecule has 0 spiro atoms. The van der Waals surface area contributed by atoms with Crippen LogP contribution in [0.15, 0.2) is 18.2 Å². The molecule has 16 heavy (non-hydrogen) atoms. The average Bonchev–Trinajstić information content (AvgIpc) is 2.19. The summed E-state index contributed by atoms with van der Waals surface area (Å²) in [6.45, 7) is 0.232. The first-order valence-electron chi connectivity index (χ1n) is 4.49. The highest BCUT2D eigenvalue weighted by molar-refractivity contribution is 6.33. The standard InChI is InChI=1S/C10H10ClNO4/c11-8-2-1-6(5-7(8)10(15)16)12-4-3-9(13)14/h1-2,5,12H,3-4H2,(H,13,14)(H,15,16). The Balaban J connectivity index is 2.71. The maximum Gasteiger partial charge on any atom is 0.337 e. The van der Waals surface area contributed by atoms with E-state index < -0.39 is 11.9 Å². The largest absolute Gasteiger partial charge is 0.481 e. The normalized spacial score (nSPS) is 9.81. The molecule has 0 atom stereocenters. The number of rotatable bonds is 5. The molecule has 5 nitrogen and oxygen atoms in total. The van der Waals surface area contributed by atoms with Crippen molar-refractivity contribution in [3.8, 4) is 0 Å². The van der Waals surface area contributed by atoms with Gasteiger partial charge in [-0.1, -0.05) is 11.6 Å². The van der Waals surface area contributed by atoms with Crippen LogP contribution >= 0.6 is 11.6 Å². The molecule has 0 aliphatic rings. The minimum absolute atomic E-state index is 0.0120. The Kier molecular flexibility index (Phi) is 4.13. The minimum Gasteiger partial charge on any atom is -0.481 e. The zero-order valence-electron chi connectivity index (χ0n) is 8.24. The van der Waals surface area contributed by atoms with Crippen LogP contribution in [0.2, 0.25) is 5.02 Å². The lowest BCUT2D eigenvalue weighted by molar-refractivity contribution is -0.136. The molecule has 0 heterocycles. The summed E-state index contributed by atoms with van der Waals surface area (Å²) < 4.78 is 0. The average molecular weight is 244 g/mol. The van der Waals surface area contributed by atoms with Crippen molar-refractivity contribution >= 4 is 29.2 Å². The molecule has 0 amide bonds. The summed E-state index contributed by atoms with van der Waals surface area (Å²) in [7, 11) is 0. The number of carboxylic acid groups (broad SMARTS) is 2. The molecule has 1 rings (SSSR count). The van der Waals surface area contributed by atoms with Gasteiger partial charge in [0.25, 0.3) is 0 Å². The summed E-state index contributed by atoms with van der Waals surface area (Å²) >= 11 is 5.67. The van der Waals surface area contributed by atoms with E-state index in [1.54, 1.807) is 6.07 Å². The van der Waals surface area contributed by atoms with Crippen LogP contribution in [0.3, 0.4) is 0 Å². The predicted molar refractivity (Wildman–Crippen MR) is 59.2 cm³/mol. The molecule has 0 aliphatic carbocycles. The number of carbonyl (C=O) groups is 2. The molecule has 86 valence electrons. The fourth-order valence-corrected chi connectivity index (χ4v) is 1.31. The summed E-state index contributed by atoms with van der Waals surface area (Å²) in [5, 5.41) is 20.2. The van der Waals surface area contributed by atoms with Gasteiger partial charge in [-0.15, -0.1) is 0 Å². The van der Waals surface area contributed by atoms with Gasteiger partial charge in [-0.25, -0.2) is 4.79 Å². The molecule has 0 bridgehead atoms. The molecule has 0 unspecified atom stereocenters. The smallest absolute Gasteiger partial charge is 0.337 e. The number of anilines is 1. The van der Waals surface area contributed by atoms with Crippen LogP contribution in [0, 0.1) is 0 Å². The Labute approximate surface area is 96.7 Å². The highest BCUT2D eigenvalue weighted by Gasteiger charge is 2.09. The predicted octanol–water partition coefficient (Wildman–Crippen LogP) is 1.92. The monoisotopic (exact) mass is 243 g/mol. The maximum atomic E-state index is 10.7. The molecule has 0 saturated carbocycles. The van der Waals surface area contributed by atoms with Gasteiger partial charge in [0.05, 0.1) is 17.0 Å². The van der Waals surface area contributed by atoms with Crippen LogP contribution < -0.4 is 5.32 Å². The van der Waals surface area contributed by atoms with Crippen LogP contribution in [-0.2, 0) is 4.79 Å². The number of aromatic carboxylic acids is 1. The number of benzene rings is 1. The van der Waals surface area contributed by atoms with Crippen molar-refractivity contribution in [2.75, 3.05) is 11.9 Å². The Morgan fingerprint density at radius 3 is 2.56 bits per heavy atom. The Morgan fingerprint density at radius 2 is 2.00 bits per heavy atom. The minimum atomic E-state index is -1.12. The van der Waals surface area contributed by atoms with Gasteiger partial charge in [-0.05, 0) is 18.2 Å². The van der Waals surface area contributed by atoms with Crippen molar-refractivity contribution in [3.63, 3.8) is 0 Å². The first-order valence-corrected chi connectivity index (χ1v) is 4.87. The molecule has 0 saturated heterocycles. The van der Waals surface area contributed by atoms with E-state index in [-0.39, 0.29) is 23.6 Å². The molecule has 0 aromatic heterocycles. The zero-order valence-corrected chi connectivity index (χ0v) is 8.99. The third-order valence-corrected chi connectivity index (χ3v) is 2.19. The quantitative estimate of drug-likeness (QED) is 0.736. The summed E-state index contributed by atoms with van der Waals surface area (Å²) in [5.74, 6) is -2.04. The Morgan fingerprint density at radius 1 is 1.31 bits per heavy atom. The Hall–Kier alpha value is -1.75. The maximum absolute atomic E-state index is 10.7. The van der Waals surface area contributed by atoms with E-state index in [0.29, 0.717) is 5.69 Å². The first-order chi connectivity index (χ1) is 7.50. The second kappa shape index (κ2) is 5.37. The lowest BCUT2D eigenvalue weighted by atomic mass is 10.2. The lowest BCUT2D eigenvalue weighted by Gasteiger charge is -2.06. The number of hydrogen-bond acceptors (Lipinski definition) is 3. The fraction of sp³-hybridized carbons (Fsp3) is 0.200. The third-order valence-electron chi connectivity index (χ3n) is 1.86. The summed E-state index contributed by atoms with van der Waals surface area (Å²) in [4.78, 5) is 21.0. The SMILES string of the molecule is O=C(O)CCNc1ccc(Cl)c(C(=O)O)c1. The van der Waals surface area contributed by atoms with Crippen molar-refractivity contribution < 1.29 is 19.8 Å². The fourth-order valence-electron chi connectivity index (χ4n) is 1.11. The van der Waals surface area contributed by atoms with Crippen molar-refractivity contribution in [2.45, 2.75) is 6.42 Å². The van der Waals surface area contributed by atoms with Crippen molar-refractivity contribution in [1.29, 1.82) is 0 Å². The van der Waals surface area contributed by atoms with Crippen molar-refractivity contribution in [2.24, 2.45) is 0 Å². The molecular formula is C10H10ClNO4. The first kappa shape index (κ1) is 12.3. The van der Waals surface area contributed by atoms with E-state index in [4.69, 9.17) is 21.8 Å². The van der Waals surface area contributed by atoms with E-state index >= 15 is 0 Å². The highest BCUT2D eigenvalue weighted by Crippen LogP contribution is 2.20. The number of hydrogen-bond donors (Lipinski definition) is 3. The number of aliphatic carboxylic acids is 1. The van der Waals surface area contributed by atoms with Crippen LogP contribution in [0.25, 0.3) is 0 Å². The second-order valence-electron chi connectivity index (χ2n) is 3.07. The highest BCUT2D eigenvalue weighted by atomic mass is 35.5. The molecule has 3 N–H and O–H groups in total. The number of halogens is 1. The van der Waals surface area contributed by atoms with Crippen LogP contribution in [-0.4, -0.2) is 28.7 Å². The van der Waals surface area contributed by atoms with Crippen LogP contribution in [0.1, 0.15) is 16.8 Å². The van der Waals surface area contributed by atoms with E-state index in [9.17, 15) is 9.59 Å². The van der Waals surface area contributed by atoms with Gasteiger partial charge >= 0.3 is 11.9 Å². The summed E-state index contributed by atoms with van der Waals surface area (Å²) in [6, 6.07) is 4.41. The van der Waals surface area contributed by atoms with E-state index in [1.165, 1.54) is 12.1 Å². The molecule has 0 fully saturated rings. The van der Waals surface area contributed by atoms with Gasteiger partial charge in [-0.3, -0.25) is 4.79 Å². The second-order valence-corrected chi connectivity index (χ2v) is 3.48. The van der Waals surface area contributed by atoms with Gasteiger partial charge < -0.3 is 15.5 Å². The topological polar surface area (TPSA) is 86.6 Å². The van der Waals surface area contributed by atoms with E-state index in [1.807, 2.05) is 0 Å². The van der Waals surface area contributed by atoms with Crippen molar-refractivity contribution in [3.05, 3.63) is 28.8 Å². The van der Waals surface area contributed by atoms with Gasteiger partial charge in [0.2, 0.25) is 0 Å². The number of nitrogens with one attached hydrogen (secondary N) is 1. The third kappa shape index (κ3) is 3.43. The van der Waals surface area contributed by atoms with Crippen molar-refractivity contribution in [1.82, 2.24) is 0 Å². The lowest BCUT2D eigenvalue weighted by Crippen LogP contribution is -2.08. The van der Waals surface area contributed by atoms with E-state index in [2.05, 4.69) is 5.32 Å².